The zero-order valence-electron chi connectivity index (χ0n) is 15.3. The van der Waals surface area contributed by atoms with E-state index in [1.54, 1.807) is 4.90 Å². The predicted molar refractivity (Wildman–Crippen MR) is 104 cm³/mol. The number of hydrogen-bond acceptors (Lipinski definition) is 4. The minimum atomic E-state index is -0.369. The molecular formula is C21H23N3O3. The highest BCUT2D eigenvalue weighted by Gasteiger charge is 2.33. The van der Waals surface area contributed by atoms with Gasteiger partial charge in [-0.2, -0.15) is 0 Å². The fraction of sp³-hybridized carbons (Fsp3) is 0.286. The zero-order chi connectivity index (χ0) is 19.2. The molecule has 1 fully saturated rings. The lowest BCUT2D eigenvalue weighted by atomic mass is 10.0. The molecule has 2 N–H and O–H groups in total. The molecule has 1 aliphatic heterocycles. The van der Waals surface area contributed by atoms with Crippen LogP contribution >= 0.6 is 0 Å². The van der Waals surface area contributed by atoms with Gasteiger partial charge in [-0.3, -0.25) is 9.59 Å². The van der Waals surface area contributed by atoms with E-state index >= 15 is 0 Å². The van der Waals surface area contributed by atoms with Crippen LogP contribution in [0.25, 0.3) is 11.1 Å². The van der Waals surface area contributed by atoms with Gasteiger partial charge in [0.25, 0.3) is 5.91 Å². The molecule has 0 radical (unpaired) electrons. The number of nitrogens with zero attached hydrogens (tertiary/aromatic N) is 2. The Balaban J connectivity index is 1.77. The maximum absolute atomic E-state index is 13.0. The van der Waals surface area contributed by atoms with E-state index in [1.165, 1.54) is 7.11 Å². The first-order valence-electron chi connectivity index (χ1n) is 8.92. The van der Waals surface area contributed by atoms with Crippen molar-refractivity contribution in [2.75, 3.05) is 13.7 Å². The third-order valence-corrected chi connectivity index (χ3v) is 4.71. The van der Waals surface area contributed by atoms with E-state index in [4.69, 9.17) is 10.6 Å². The lowest BCUT2D eigenvalue weighted by Gasteiger charge is -2.24. The molecule has 1 saturated heterocycles. The van der Waals surface area contributed by atoms with Gasteiger partial charge in [-0.1, -0.05) is 47.6 Å². The highest BCUT2D eigenvalue weighted by molar-refractivity contribution is 6.00. The molecule has 3 rings (SSSR count). The summed E-state index contributed by atoms with van der Waals surface area (Å²) in [5.41, 5.74) is 8.83. The molecule has 1 aliphatic rings. The first-order chi connectivity index (χ1) is 13.1. The molecule has 6 nitrogen and oxygen atoms in total. The predicted octanol–water partition coefficient (Wildman–Crippen LogP) is 2.84. The van der Waals surface area contributed by atoms with Crippen molar-refractivity contribution >= 4 is 17.5 Å². The number of likely N-dealkylation sites (tertiary alicyclic amines) is 1. The minimum Gasteiger partial charge on any atom is -0.399 e. The maximum atomic E-state index is 13.0. The molecule has 0 bridgehead atoms. The van der Waals surface area contributed by atoms with E-state index in [1.807, 2.05) is 54.6 Å². The van der Waals surface area contributed by atoms with Crippen molar-refractivity contribution < 1.29 is 14.4 Å². The number of benzene rings is 2. The highest BCUT2D eigenvalue weighted by atomic mass is 16.6. The van der Waals surface area contributed by atoms with Crippen LogP contribution in [0, 0.1) is 0 Å². The van der Waals surface area contributed by atoms with Crippen LogP contribution in [0.4, 0.5) is 0 Å². The lowest BCUT2D eigenvalue weighted by molar-refractivity contribution is -0.118. The highest BCUT2D eigenvalue weighted by Crippen LogP contribution is 2.24. The molecular weight excluding hydrogens is 342 g/mol. The van der Waals surface area contributed by atoms with Crippen LogP contribution in [-0.2, 0) is 9.63 Å². The largest absolute Gasteiger partial charge is 0.399 e. The van der Waals surface area contributed by atoms with E-state index in [9.17, 15) is 9.59 Å². The van der Waals surface area contributed by atoms with Gasteiger partial charge in [-0.05, 0) is 29.7 Å². The molecule has 140 valence electrons. The SMILES string of the molecule is CO/N=C1\C[C@@H](CCC(N)=O)N(C(=O)c2ccc(-c3ccccc3)cc2)C1. The molecule has 27 heavy (non-hydrogen) atoms. The summed E-state index contributed by atoms with van der Waals surface area (Å²) >= 11 is 0. The Morgan fingerprint density at radius 1 is 1.11 bits per heavy atom. The van der Waals surface area contributed by atoms with Gasteiger partial charge in [0.1, 0.15) is 7.11 Å². The molecule has 2 aromatic rings. The summed E-state index contributed by atoms with van der Waals surface area (Å²) in [5, 5.41) is 3.99. The van der Waals surface area contributed by atoms with E-state index in [0.717, 1.165) is 16.8 Å². The van der Waals surface area contributed by atoms with Crippen LogP contribution in [0.3, 0.4) is 0 Å². The second kappa shape index (κ2) is 8.49. The average Bonchev–Trinajstić information content (AvgIpc) is 3.10. The molecule has 0 saturated carbocycles. The second-order valence-corrected chi connectivity index (χ2v) is 6.58. The topological polar surface area (TPSA) is 85.0 Å². The van der Waals surface area contributed by atoms with E-state index < -0.39 is 0 Å². The van der Waals surface area contributed by atoms with E-state index in [-0.39, 0.29) is 24.3 Å². The maximum Gasteiger partial charge on any atom is 0.254 e. The van der Waals surface area contributed by atoms with Crippen molar-refractivity contribution in [1.29, 1.82) is 0 Å². The monoisotopic (exact) mass is 365 g/mol. The molecule has 0 aromatic heterocycles. The number of amides is 2. The molecule has 1 atom stereocenters. The number of hydrogen-bond donors (Lipinski definition) is 1. The third kappa shape index (κ3) is 4.53. The standard InChI is InChI=1S/C21H23N3O3/c1-27-23-18-13-19(11-12-20(22)25)24(14-18)21(26)17-9-7-16(8-10-17)15-5-3-2-4-6-15/h2-10,19H,11-14H2,1H3,(H2,22,25)/b23-18+/t19-/m1/s1. The normalized spacial score (nSPS) is 17.9. The first-order valence-corrected chi connectivity index (χ1v) is 8.92. The third-order valence-electron chi connectivity index (χ3n) is 4.71. The molecule has 0 aliphatic carbocycles. The Kier molecular flexibility index (Phi) is 5.86. The van der Waals surface area contributed by atoms with Crippen LogP contribution in [0.15, 0.2) is 59.8 Å². The number of nitrogens with two attached hydrogens (primary N) is 1. The number of rotatable bonds is 6. The summed E-state index contributed by atoms with van der Waals surface area (Å²) in [4.78, 5) is 30.8. The van der Waals surface area contributed by atoms with Crippen molar-refractivity contribution in [2.45, 2.75) is 25.3 Å². The average molecular weight is 365 g/mol. The Labute approximate surface area is 158 Å². The van der Waals surface area contributed by atoms with Crippen LogP contribution in [0.1, 0.15) is 29.6 Å². The summed E-state index contributed by atoms with van der Waals surface area (Å²) < 4.78 is 0. The van der Waals surface area contributed by atoms with Gasteiger partial charge in [0, 0.05) is 24.4 Å². The number of carbonyl (C=O) groups excluding carboxylic acids is 2. The lowest BCUT2D eigenvalue weighted by Crippen LogP contribution is -2.36. The van der Waals surface area contributed by atoms with Gasteiger partial charge >= 0.3 is 0 Å². The van der Waals surface area contributed by atoms with Crippen molar-refractivity contribution in [3.8, 4) is 11.1 Å². The first kappa shape index (κ1) is 18.6. The van der Waals surface area contributed by atoms with Crippen LogP contribution in [0.5, 0.6) is 0 Å². The number of oxime groups is 1. The summed E-state index contributed by atoms with van der Waals surface area (Å²) in [7, 11) is 1.48. The van der Waals surface area contributed by atoms with Crippen molar-refractivity contribution in [3.05, 3.63) is 60.2 Å². The van der Waals surface area contributed by atoms with Crippen LogP contribution in [0.2, 0.25) is 0 Å². The number of primary amides is 1. The van der Waals surface area contributed by atoms with Gasteiger partial charge in [-0.25, -0.2) is 0 Å². The van der Waals surface area contributed by atoms with Crippen molar-refractivity contribution in [1.82, 2.24) is 4.90 Å². The summed E-state index contributed by atoms with van der Waals surface area (Å²) in [6.45, 7) is 0.399. The summed E-state index contributed by atoms with van der Waals surface area (Å²) in [5.74, 6) is -0.447. The van der Waals surface area contributed by atoms with Crippen molar-refractivity contribution in [3.63, 3.8) is 0 Å². The Hall–Kier alpha value is -3.15. The van der Waals surface area contributed by atoms with Gasteiger partial charge in [0.15, 0.2) is 0 Å². The summed E-state index contributed by atoms with van der Waals surface area (Å²) in [6, 6.07) is 17.5. The second-order valence-electron chi connectivity index (χ2n) is 6.58. The van der Waals surface area contributed by atoms with Crippen molar-refractivity contribution in [2.24, 2.45) is 10.9 Å². The van der Waals surface area contributed by atoms with Gasteiger partial charge in [0.2, 0.25) is 5.91 Å². The molecule has 2 aromatic carbocycles. The number of carbonyl (C=O) groups is 2. The fourth-order valence-electron chi connectivity index (χ4n) is 3.37. The Morgan fingerprint density at radius 3 is 2.41 bits per heavy atom. The fourth-order valence-corrected chi connectivity index (χ4v) is 3.37. The van der Waals surface area contributed by atoms with Gasteiger partial charge in [0.05, 0.1) is 12.3 Å². The quantitative estimate of drug-likeness (QED) is 0.799. The zero-order valence-corrected chi connectivity index (χ0v) is 15.3. The Bertz CT molecular complexity index is 832. The van der Waals surface area contributed by atoms with E-state index in [2.05, 4.69) is 5.16 Å². The molecule has 0 unspecified atom stereocenters. The summed E-state index contributed by atoms with van der Waals surface area (Å²) in [6.07, 6.45) is 1.35. The smallest absolute Gasteiger partial charge is 0.254 e. The van der Waals surface area contributed by atoms with Gasteiger partial charge < -0.3 is 15.5 Å². The molecule has 1 heterocycles. The van der Waals surface area contributed by atoms with Gasteiger partial charge in [-0.15, -0.1) is 0 Å². The molecule has 2 amide bonds. The van der Waals surface area contributed by atoms with E-state index in [0.29, 0.717) is 24.9 Å². The van der Waals surface area contributed by atoms with Crippen LogP contribution < -0.4 is 5.73 Å². The minimum absolute atomic E-state index is 0.0783. The Morgan fingerprint density at radius 2 is 1.78 bits per heavy atom. The van der Waals surface area contributed by atoms with Crippen LogP contribution in [-0.4, -0.2) is 42.1 Å². The molecule has 0 spiro atoms. The molecule has 6 heteroatoms.